The third-order valence-corrected chi connectivity index (χ3v) is 6.61. The average Bonchev–Trinajstić information content (AvgIpc) is 3.09. The molecule has 0 amide bonds. The van der Waals surface area contributed by atoms with Gasteiger partial charge in [-0.05, 0) is 23.8 Å². The van der Waals surface area contributed by atoms with Crippen molar-refractivity contribution in [2.24, 2.45) is 7.05 Å². The minimum Gasteiger partial charge on any atom is -0.347 e. The molecule has 4 rings (SSSR count). The van der Waals surface area contributed by atoms with Crippen LogP contribution in [-0.4, -0.2) is 7.05 Å². The summed E-state index contributed by atoms with van der Waals surface area (Å²) in [5.41, 5.74) is 5.31. The van der Waals surface area contributed by atoms with Crippen LogP contribution < -0.4 is 9.47 Å². The minimum absolute atomic E-state index is 0.0251. The first-order valence-corrected chi connectivity index (χ1v) is 10.1. The van der Waals surface area contributed by atoms with E-state index < -0.39 is 0 Å². The van der Waals surface area contributed by atoms with Crippen LogP contribution in [0.5, 0.6) is 0 Å². The number of allylic oxidation sites excluding steroid dienone is 5. The lowest BCUT2D eigenvalue weighted by Crippen LogP contribution is -2.28. The fraction of sp³-hybridized carbons (Fsp3) is 0.208. The number of fused-ring (bicyclic) bond motifs is 2. The Balaban J connectivity index is 1.55. The van der Waals surface area contributed by atoms with Crippen LogP contribution in [0.15, 0.2) is 78.5 Å². The molecule has 0 unspecified atom stereocenters. The van der Waals surface area contributed by atoms with Crippen molar-refractivity contribution in [3.63, 3.8) is 0 Å². The predicted octanol–water partition coefficient (Wildman–Crippen LogP) is 5.61. The number of aromatic nitrogens is 1. The van der Waals surface area contributed by atoms with E-state index in [9.17, 15) is 0 Å². The Bertz CT molecular complexity index is 1080. The minimum atomic E-state index is 0.0251. The van der Waals surface area contributed by atoms with Crippen molar-refractivity contribution in [3.8, 4) is 0 Å². The Kier molecular flexibility index (Phi) is 4.48. The van der Waals surface area contributed by atoms with Crippen molar-refractivity contribution in [2.45, 2.75) is 19.3 Å². The molecule has 0 atom stereocenters. The van der Waals surface area contributed by atoms with Gasteiger partial charge in [0.25, 0.3) is 5.01 Å². The van der Waals surface area contributed by atoms with Crippen molar-refractivity contribution in [3.05, 3.63) is 89.1 Å². The molecule has 2 aromatic carbocycles. The lowest BCUT2D eigenvalue weighted by atomic mass is 9.84. The standard InChI is InChI=1S/C24H25N2S/c1-24(2)18-12-8-9-13-19(18)25(3)22(24)16-6-5-7-17-23-26(4)20-14-10-11-15-21(20)27-23/h5-17H,1-4H3/q+1. The van der Waals surface area contributed by atoms with Crippen molar-refractivity contribution in [1.82, 2.24) is 0 Å². The summed E-state index contributed by atoms with van der Waals surface area (Å²) >= 11 is 1.82. The number of rotatable bonds is 3. The summed E-state index contributed by atoms with van der Waals surface area (Å²) in [4.78, 5) is 2.30. The number of hydrogen-bond donors (Lipinski definition) is 0. The number of aryl methyl sites for hydroxylation is 1. The van der Waals surface area contributed by atoms with Gasteiger partial charge in [-0.1, -0.05) is 73.7 Å². The maximum atomic E-state index is 2.30. The Hall–Kier alpha value is -2.65. The molecule has 3 heteroatoms. The molecular formula is C24H25N2S+. The van der Waals surface area contributed by atoms with Gasteiger partial charge < -0.3 is 4.90 Å². The van der Waals surface area contributed by atoms with Gasteiger partial charge in [-0.2, -0.15) is 4.57 Å². The van der Waals surface area contributed by atoms with Crippen molar-refractivity contribution in [1.29, 1.82) is 0 Å². The van der Waals surface area contributed by atoms with Crippen LogP contribution in [0.1, 0.15) is 24.4 Å². The van der Waals surface area contributed by atoms with E-state index in [0.717, 1.165) is 0 Å². The maximum absolute atomic E-state index is 2.30. The number of hydrogen-bond acceptors (Lipinski definition) is 2. The fourth-order valence-corrected chi connectivity index (χ4v) is 4.98. The first kappa shape index (κ1) is 17.7. The van der Waals surface area contributed by atoms with E-state index in [1.54, 1.807) is 0 Å². The first-order chi connectivity index (χ1) is 13.0. The third-order valence-electron chi connectivity index (χ3n) is 5.43. The molecule has 0 aliphatic carbocycles. The summed E-state index contributed by atoms with van der Waals surface area (Å²) < 4.78 is 3.56. The summed E-state index contributed by atoms with van der Waals surface area (Å²) in [6.07, 6.45) is 10.8. The molecule has 1 aliphatic heterocycles. The Morgan fingerprint density at radius 1 is 0.963 bits per heavy atom. The zero-order valence-corrected chi connectivity index (χ0v) is 17.1. The van der Waals surface area contributed by atoms with E-state index in [4.69, 9.17) is 0 Å². The van der Waals surface area contributed by atoms with Crippen LogP contribution in [0.4, 0.5) is 5.69 Å². The summed E-state index contributed by atoms with van der Waals surface area (Å²) in [7, 11) is 4.28. The Morgan fingerprint density at radius 3 is 2.48 bits per heavy atom. The van der Waals surface area contributed by atoms with E-state index in [1.807, 2.05) is 11.3 Å². The number of nitrogens with zero attached hydrogens (tertiary/aromatic N) is 2. The second-order valence-corrected chi connectivity index (χ2v) is 8.53. The zero-order valence-electron chi connectivity index (χ0n) is 16.3. The summed E-state index contributed by atoms with van der Waals surface area (Å²) in [6.45, 7) is 4.59. The predicted molar refractivity (Wildman–Crippen MR) is 117 cm³/mol. The van der Waals surface area contributed by atoms with E-state index in [0.29, 0.717) is 0 Å². The van der Waals surface area contributed by atoms with Crippen LogP contribution >= 0.6 is 11.3 Å². The number of likely N-dealkylation sites (N-methyl/N-ethyl adjacent to an activating group) is 1. The van der Waals surface area contributed by atoms with E-state index in [2.05, 4.69) is 116 Å². The van der Waals surface area contributed by atoms with Gasteiger partial charge in [-0.15, -0.1) is 0 Å². The highest BCUT2D eigenvalue weighted by Gasteiger charge is 2.37. The molecule has 2 heterocycles. The molecule has 0 spiro atoms. The molecule has 0 fully saturated rings. The van der Waals surface area contributed by atoms with Crippen molar-refractivity contribution in [2.75, 3.05) is 11.9 Å². The van der Waals surface area contributed by atoms with Crippen molar-refractivity contribution >= 4 is 33.3 Å². The lowest BCUT2D eigenvalue weighted by molar-refractivity contribution is -0.642. The highest BCUT2D eigenvalue weighted by atomic mass is 32.1. The normalized spacial score (nSPS) is 17.6. The molecular weight excluding hydrogens is 348 g/mol. The van der Waals surface area contributed by atoms with Crippen LogP contribution in [0, 0.1) is 0 Å². The molecule has 0 N–H and O–H groups in total. The molecule has 3 aromatic rings. The first-order valence-electron chi connectivity index (χ1n) is 9.26. The average molecular weight is 374 g/mol. The molecule has 1 aliphatic rings. The van der Waals surface area contributed by atoms with E-state index >= 15 is 0 Å². The Labute approximate surface area is 165 Å². The lowest BCUT2D eigenvalue weighted by Gasteiger charge is -2.23. The highest BCUT2D eigenvalue weighted by molar-refractivity contribution is 7.18. The number of benzene rings is 2. The molecule has 27 heavy (non-hydrogen) atoms. The number of para-hydroxylation sites is 2. The van der Waals surface area contributed by atoms with Gasteiger partial charge in [0.15, 0.2) is 0 Å². The molecule has 1 aromatic heterocycles. The molecule has 0 radical (unpaired) electrons. The van der Waals surface area contributed by atoms with Gasteiger partial charge in [-0.25, -0.2) is 0 Å². The topological polar surface area (TPSA) is 7.12 Å². The van der Waals surface area contributed by atoms with Gasteiger partial charge in [0, 0.05) is 36.0 Å². The van der Waals surface area contributed by atoms with Gasteiger partial charge >= 0.3 is 0 Å². The highest BCUT2D eigenvalue weighted by Crippen LogP contribution is 2.46. The summed E-state index contributed by atoms with van der Waals surface area (Å²) in [5, 5.41) is 1.25. The SMILES string of the molecule is CN1/C(=C/C=C/C=C/c2sc3ccccc3[n+]2C)C(C)(C)c2ccccc21. The maximum Gasteiger partial charge on any atom is 0.262 e. The van der Waals surface area contributed by atoms with Crippen molar-refractivity contribution < 1.29 is 4.57 Å². The van der Waals surface area contributed by atoms with E-state index in [1.165, 1.54) is 32.2 Å². The van der Waals surface area contributed by atoms with Crippen LogP contribution in [0.25, 0.3) is 16.3 Å². The Morgan fingerprint density at radius 2 is 1.70 bits per heavy atom. The molecule has 0 bridgehead atoms. The largest absolute Gasteiger partial charge is 0.347 e. The van der Waals surface area contributed by atoms with Crippen LogP contribution in [-0.2, 0) is 12.5 Å². The van der Waals surface area contributed by atoms with Crippen LogP contribution in [0.2, 0.25) is 0 Å². The second kappa shape index (κ2) is 6.82. The quantitative estimate of drug-likeness (QED) is 0.428. The third kappa shape index (κ3) is 3.02. The number of anilines is 1. The number of thiazole rings is 1. The molecule has 2 nitrogen and oxygen atoms in total. The van der Waals surface area contributed by atoms with Gasteiger partial charge in [0.05, 0.1) is 0 Å². The van der Waals surface area contributed by atoms with Gasteiger partial charge in [0.2, 0.25) is 5.52 Å². The van der Waals surface area contributed by atoms with Gasteiger partial charge in [0.1, 0.15) is 11.7 Å². The summed E-state index contributed by atoms with van der Waals surface area (Å²) in [5.74, 6) is 0. The monoisotopic (exact) mass is 373 g/mol. The molecule has 0 saturated heterocycles. The summed E-state index contributed by atoms with van der Waals surface area (Å²) in [6, 6.07) is 17.2. The second-order valence-electron chi connectivity index (χ2n) is 7.46. The fourth-order valence-electron chi connectivity index (χ4n) is 3.92. The van der Waals surface area contributed by atoms with Crippen LogP contribution in [0.3, 0.4) is 0 Å². The molecule has 136 valence electrons. The zero-order chi connectivity index (χ0) is 19.0. The smallest absolute Gasteiger partial charge is 0.262 e. The van der Waals surface area contributed by atoms with Gasteiger partial charge in [-0.3, -0.25) is 0 Å². The molecule has 0 saturated carbocycles. The van der Waals surface area contributed by atoms with E-state index in [-0.39, 0.29) is 5.41 Å².